The molecule has 166 valence electrons. The molecule has 1 amide bonds. The van der Waals surface area contributed by atoms with E-state index < -0.39 is 0 Å². The summed E-state index contributed by atoms with van der Waals surface area (Å²) >= 11 is 0. The number of anilines is 1. The van der Waals surface area contributed by atoms with Crippen LogP contribution in [0.1, 0.15) is 24.8 Å². The maximum atomic E-state index is 13.1. The van der Waals surface area contributed by atoms with Gasteiger partial charge in [0.05, 0.1) is 25.0 Å². The van der Waals surface area contributed by atoms with Crippen molar-refractivity contribution < 1.29 is 19.4 Å². The number of para-hydroxylation sites is 1. The van der Waals surface area contributed by atoms with Crippen molar-refractivity contribution in [3.63, 3.8) is 0 Å². The lowest BCUT2D eigenvalue weighted by molar-refractivity contribution is -0.122. The molecule has 1 saturated heterocycles. The third-order valence-corrected chi connectivity index (χ3v) is 5.55. The summed E-state index contributed by atoms with van der Waals surface area (Å²) in [6.07, 6.45) is 4.36. The van der Waals surface area contributed by atoms with Crippen LogP contribution in [0.15, 0.2) is 66.9 Å². The summed E-state index contributed by atoms with van der Waals surface area (Å²) in [5, 5.41) is 13.2. The zero-order valence-corrected chi connectivity index (χ0v) is 18.0. The normalized spacial score (nSPS) is 16.3. The molecule has 1 fully saturated rings. The van der Waals surface area contributed by atoms with E-state index in [2.05, 4.69) is 15.2 Å². The van der Waals surface area contributed by atoms with Crippen molar-refractivity contribution in [2.75, 3.05) is 19.0 Å². The predicted molar refractivity (Wildman–Crippen MR) is 122 cm³/mol. The predicted octanol–water partition coefficient (Wildman–Crippen LogP) is 4.58. The highest BCUT2D eigenvalue weighted by Gasteiger charge is 2.29. The number of pyridine rings is 1. The summed E-state index contributed by atoms with van der Waals surface area (Å²) < 4.78 is 11.0. The average molecular weight is 434 g/mol. The molecule has 2 heterocycles. The van der Waals surface area contributed by atoms with Crippen molar-refractivity contribution in [3.05, 3.63) is 72.4 Å². The first-order valence-electron chi connectivity index (χ1n) is 10.7. The Labute approximate surface area is 187 Å². The van der Waals surface area contributed by atoms with Crippen molar-refractivity contribution in [1.82, 2.24) is 9.88 Å². The van der Waals surface area contributed by atoms with E-state index in [0.717, 1.165) is 31.4 Å². The van der Waals surface area contributed by atoms with Gasteiger partial charge in [-0.25, -0.2) is 4.98 Å². The van der Waals surface area contributed by atoms with Gasteiger partial charge in [-0.2, -0.15) is 0 Å². The second-order valence-electron chi connectivity index (χ2n) is 7.77. The van der Waals surface area contributed by atoms with Gasteiger partial charge in [0, 0.05) is 18.2 Å². The van der Waals surface area contributed by atoms with E-state index in [4.69, 9.17) is 9.47 Å². The number of piperidine rings is 1. The van der Waals surface area contributed by atoms with E-state index in [1.807, 2.05) is 36.4 Å². The number of ether oxygens (including phenoxy) is 2. The van der Waals surface area contributed by atoms with Gasteiger partial charge in [0.2, 0.25) is 11.8 Å². The van der Waals surface area contributed by atoms with Crippen LogP contribution in [0.4, 0.5) is 5.69 Å². The molecule has 0 radical (unpaired) electrons. The number of methoxy groups -OCH3 is 1. The van der Waals surface area contributed by atoms with E-state index in [0.29, 0.717) is 29.6 Å². The van der Waals surface area contributed by atoms with Crippen molar-refractivity contribution in [2.45, 2.75) is 31.8 Å². The average Bonchev–Trinajstić information content (AvgIpc) is 2.83. The lowest BCUT2D eigenvalue weighted by Crippen LogP contribution is -2.46. The van der Waals surface area contributed by atoms with E-state index >= 15 is 0 Å². The van der Waals surface area contributed by atoms with Crippen LogP contribution in [0.3, 0.4) is 0 Å². The van der Waals surface area contributed by atoms with Crippen LogP contribution < -0.4 is 14.8 Å². The number of phenolic OH excluding ortho intramolecular Hbond substituents is 1. The van der Waals surface area contributed by atoms with Gasteiger partial charge in [-0.05, 0) is 55.8 Å². The smallest absolute Gasteiger partial charge is 0.241 e. The van der Waals surface area contributed by atoms with Gasteiger partial charge in [0.25, 0.3) is 0 Å². The number of likely N-dealkylation sites (tertiary alicyclic amines) is 1. The number of amides is 1. The Bertz CT molecular complexity index is 1040. The van der Waals surface area contributed by atoms with Crippen LogP contribution in [-0.2, 0) is 11.3 Å². The largest absolute Gasteiger partial charge is 0.508 e. The summed E-state index contributed by atoms with van der Waals surface area (Å²) in [5.41, 5.74) is 1.36. The third-order valence-electron chi connectivity index (χ3n) is 5.55. The van der Waals surface area contributed by atoms with Gasteiger partial charge in [-0.15, -0.1) is 0 Å². The fraction of sp³-hybridized carbons (Fsp3) is 0.280. The standard InChI is InChI=1S/C25H27N3O4/c1-31-21-11-12-23(29)18(15-21)17-28-14-6-5-9-22(28)25(30)27-19-10-13-24(26-16-19)32-20-7-3-2-4-8-20/h2-4,7-8,10-13,15-16,22,29H,5-6,9,14,17H2,1H3,(H,27,30)/t22-/m0/s1. The number of aromatic nitrogens is 1. The molecule has 7 heteroatoms. The molecule has 1 aliphatic rings. The highest BCUT2D eigenvalue weighted by molar-refractivity contribution is 5.94. The van der Waals surface area contributed by atoms with Crippen molar-refractivity contribution in [3.8, 4) is 23.1 Å². The second-order valence-corrected chi connectivity index (χ2v) is 7.77. The molecular weight excluding hydrogens is 406 g/mol. The van der Waals surface area contributed by atoms with Gasteiger partial charge >= 0.3 is 0 Å². The molecule has 2 N–H and O–H groups in total. The Morgan fingerprint density at radius 1 is 1.12 bits per heavy atom. The summed E-state index contributed by atoms with van der Waals surface area (Å²) in [4.78, 5) is 19.5. The molecular formula is C25H27N3O4. The molecule has 32 heavy (non-hydrogen) atoms. The molecule has 4 rings (SSSR count). The molecule has 1 aliphatic heterocycles. The van der Waals surface area contributed by atoms with Crippen LogP contribution >= 0.6 is 0 Å². The van der Waals surface area contributed by atoms with Crippen LogP contribution in [0, 0.1) is 0 Å². The summed E-state index contributed by atoms with van der Waals surface area (Å²) in [5.74, 6) is 1.97. The van der Waals surface area contributed by atoms with Crippen molar-refractivity contribution in [2.24, 2.45) is 0 Å². The maximum Gasteiger partial charge on any atom is 0.241 e. The van der Waals surface area contributed by atoms with Gasteiger partial charge in [-0.1, -0.05) is 24.6 Å². The quantitative estimate of drug-likeness (QED) is 0.567. The molecule has 0 aliphatic carbocycles. The number of carbonyl (C=O) groups excluding carboxylic acids is 1. The lowest BCUT2D eigenvalue weighted by atomic mass is 10.00. The first kappa shape index (κ1) is 21.6. The van der Waals surface area contributed by atoms with E-state index in [1.54, 1.807) is 37.6 Å². The Morgan fingerprint density at radius 2 is 1.97 bits per heavy atom. The Morgan fingerprint density at radius 3 is 2.72 bits per heavy atom. The zero-order chi connectivity index (χ0) is 22.3. The van der Waals surface area contributed by atoms with Crippen molar-refractivity contribution >= 4 is 11.6 Å². The van der Waals surface area contributed by atoms with Gasteiger partial charge in [0.15, 0.2) is 0 Å². The van der Waals surface area contributed by atoms with Crippen LogP contribution in [0.2, 0.25) is 0 Å². The monoisotopic (exact) mass is 433 g/mol. The second kappa shape index (κ2) is 10.2. The molecule has 1 atom stereocenters. The number of carbonyl (C=O) groups is 1. The van der Waals surface area contributed by atoms with Gasteiger partial charge in [-0.3, -0.25) is 9.69 Å². The summed E-state index contributed by atoms with van der Waals surface area (Å²) in [6, 6.07) is 17.8. The lowest BCUT2D eigenvalue weighted by Gasteiger charge is -2.34. The topological polar surface area (TPSA) is 83.9 Å². The number of phenols is 1. The molecule has 7 nitrogen and oxygen atoms in total. The SMILES string of the molecule is COc1ccc(O)c(CN2CCCC[C@H]2C(=O)Nc2ccc(Oc3ccccc3)nc2)c1. The third kappa shape index (κ3) is 5.36. The molecule has 2 aromatic carbocycles. The van der Waals surface area contributed by atoms with Gasteiger partial charge < -0.3 is 19.9 Å². The molecule has 1 aromatic heterocycles. The van der Waals surface area contributed by atoms with E-state index in [1.165, 1.54) is 0 Å². The number of benzene rings is 2. The van der Waals surface area contributed by atoms with Crippen LogP contribution in [-0.4, -0.2) is 40.6 Å². The number of hydrogen-bond donors (Lipinski definition) is 2. The number of nitrogens with zero attached hydrogens (tertiary/aromatic N) is 2. The number of rotatable bonds is 7. The molecule has 0 spiro atoms. The minimum absolute atomic E-state index is 0.0781. The van der Waals surface area contributed by atoms with E-state index in [9.17, 15) is 9.90 Å². The fourth-order valence-corrected chi connectivity index (χ4v) is 3.86. The molecule has 3 aromatic rings. The number of nitrogens with one attached hydrogen (secondary N) is 1. The number of hydrogen-bond acceptors (Lipinski definition) is 6. The molecule has 0 unspecified atom stereocenters. The Balaban J connectivity index is 1.41. The first-order chi connectivity index (χ1) is 15.6. The van der Waals surface area contributed by atoms with Gasteiger partial charge in [0.1, 0.15) is 17.2 Å². The Hall–Kier alpha value is -3.58. The maximum absolute atomic E-state index is 13.1. The highest BCUT2D eigenvalue weighted by atomic mass is 16.5. The van der Waals surface area contributed by atoms with Crippen molar-refractivity contribution in [1.29, 1.82) is 0 Å². The molecule has 0 bridgehead atoms. The number of aromatic hydroxyl groups is 1. The minimum atomic E-state index is -0.283. The van der Waals surface area contributed by atoms with Crippen LogP contribution in [0.5, 0.6) is 23.1 Å². The molecule has 0 saturated carbocycles. The zero-order valence-electron chi connectivity index (χ0n) is 18.0. The van der Waals surface area contributed by atoms with E-state index in [-0.39, 0.29) is 17.7 Å². The first-order valence-corrected chi connectivity index (χ1v) is 10.7. The Kier molecular flexibility index (Phi) is 6.87. The summed E-state index contributed by atoms with van der Waals surface area (Å²) in [7, 11) is 1.59. The minimum Gasteiger partial charge on any atom is -0.508 e. The van der Waals surface area contributed by atoms with Crippen LogP contribution in [0.25, 0.3) is 0 Å². The highest BCUT2D eigenvalue weighted by Crippen LogP contribution is 2.28. The fourth-order valence-electron chi connectivity index (χ4n) is 3.86. The summed E-state index contributed by atoms with van der Waals surface area (Å²) in [6.45, 7) is 1.26.